The summed E-state index contributed by atoms with van der Waals surface area (Å²) in [6, 6.07) is 5.10. The molecule has 0 aliphatic rings. The fourth-order valence-corrected chi connectivity index (χ4v) is 1.89. The molecule has 0 amide bonds. The normalized spacial score (nSPS) is 10.7. The van der Waals surface area contributed by atoms with Crippen molar-refractivity contribution in [1.82, 2.24) is 14.9 Å². The first-order valence-electron chi connectivity index (χ1n) is 6.87. The van der Waals surface area contributed by atoms with Crippen molar-refractivity contribution in [2.24, 2.45) is 0 Å². The highest BCUT2D eigenvalue weighted by Gasteiger charge is 2.04. The molecule has 0 saturated heterocycles. The van der Waals surface area contributed by atoms with Gasteiger partial charge in [0.25, 0.3) is 0 Å². The first-order valence-corrected chi connectivity index (χ1v) is 6.87. The van der Waals surface area contributed by atoms with E-state index in [0.717, 1.165) is 25.1 Å². The minimum Gasteiger partial charge on any atom is -0.490 e. The van der Waals surface area contributed by atoms with Crippen LogP contribution in [0.4, 0.5) is 4.39 Å². The standard InChI is InChI=1S/C15H20FN3O/c1-2-17-11-13-4-5-15(14(16)10-13)20-9-3-7-19-8-6-18-12-19/h4-6,8,10,12,17H,2-3,7,9,11H2,1H3. The number of rotatable bonds is 8. The minimum absolute atomic E-state index is 0.303. The average molecular weight is 277 g/mol. The van der Waals surface area contributed by atoms with Crippen LogP contribution in [0.25, 0.3) is 0 Å². The van der Waals surface area contributed by atoms with Gasteiger partial charge >= 0.3 is 0 Å². The zero-order chi connectivity index (χ0) is 14.2. The van der Waals surface area contributed by atoms with Crippen LogP contribution in [0, 0.1) is 5.82 Å². The van der Waals surface area contributed by atoms with Crippen LogP contribution < -0.4 is 10.1 Å². The molecule has 2 rings (SSSR count). The van der Waals surface area contributed by atoms with E-state index in [-0.39, 0.29) is 5.82 Å². The Balaban J connectivity index is 1.77. The van der Waals surface area contributed by atoms with Crippen molar-refractivity contribution in [3.63, 3.8) is 0 Å². The van der Waals surface area contributed by atoms with Crippen LogP contribution >= 0.6 is 0 Å². The Hall–Kier alpha value is -1.88. The highest BCUT2D eigenvalue weighted by Crippen LogP contribution is 2.18. The maximum atomic E-state index is 13.8. The maximum Gasteiger partial charge on any atom is 0.165 e. The number of halogens is 1. The van der Waals surface area contributed by atoms with Crippen molar-refractivity contribution in [1.29, 1.82) is 0 Å². The van der Waals surface area contributed by atoms with Crippen molar-refractivity contribution >= 4 is 0 Å². The van der Waals surface area contributed by atoms with Gasteiger partial charge in [0.2, 0.25) is 0 Å². The van der Waals surface area contributed by atoms with Gasteiger partial charge in [-0.15, -0.1) is 0 Å². The summed E-state index contributed by atoms with van der Waals surface area (Å²) in [5.74, 6) is 0.0129. The number of benzene rings is 1. The van der Waals surface area contributed by atoms with Gasteiger partial charge in [0.05, 0.1) is 12.9 Å². The Labute approximate surface area is 118 Å². The number of aromatic nitrogens is 2. The molecule has 2 aromatic rings. The Morgan fingerprint density at radius 3 is 3.00 bits per heavy atom. The molecule has 0 atom stereocenters. The molecule has 0 spiro atoms. The van der Waals surface area contributed by atoms with Crippen LogP contribution in [0.5, 0.6) is 5.75 Å². The molecule has 0 saturated carbocycles. The lowest BCUT2D eigenvalue weighted by molar-refractivity contribution is 0.287. The quantitative estimate of drug-likeness (QED) is 0.754. The van der Waals surface area contributed by atoms with Crippen molar-refractivity contribution in [3.05, 3.63) is 48.3 Å². The molecule has 0 aliphatic carbocycles. The molecule has 20 heavy (non-hydrogen) atoms. The molecule has 0 fully saturated rings. The van der Waals surface area contributed by atoms with Crippen LogP contribution in [-0.4, -0.2) is 22.7 Å². The minimum atomic E-state index is -0.303. The third-order valence-electron chi connectivity index (χ3n) is 2.95. The van der Waals surface area contributed by atoms with E-state index in [4.69, 9.17) is 4.74 Å². The molecule has 1 N–H and O–H groups in total. The lowest BCUT2D eigenvalue weighted by Gasteiger charge is -2.09. The molecular weight excluding hydrogens is 257 g/mol. The Kier molecular flexibility index (Phi) is 5.55. The summed E-state index contributed by atoms with van der Waals surface area (Å²) in [6.45, 7) is 4.87. The number of nitrogens with zero attached hydrogens (tertiary/aromatic N) is 2. The zero-order valence-electron chi connectivity index (χ0n) is 11.7. The lowest BCUT2D eigenvalue weighted by atomic mass is 10.2. The van der Waals surface area contributed by atoms with Crippen LogP contribution in [0.2, 0.25) is 0 Å². The summed E-state index contributed by atoms with van der Waals surface area (Å²) in [4.78, 5) is 3.96. The molecule has 0 bridgehead atoms. The molecule has 1 aromatic carbocycles. The second-order valence-corrected chi connectivity index (χ2v) is 4.55. The van der Waals surface area contributed by atoms with E-state index in [1.807, 2.05) is 23.8 Å². The summed E-state index contributed by atoms with van der Waals surface area (Å²) in [6.07, 6.45) is 6.21. The second-order valence-electron chi connectivity index (χ2n) is 4.55. The van der Waals surface area contributed by atoms with Gasteiger partial charge in [0.15, 0.2) is 11.6 Å². The summed E-state index contributed by atoms with van der Waals surface area (Å²) >= 11 is 0. The van der Waals surface area contributed by atoms with Crippen LogP contribution in [0.1, 0.15) is 18.9 Å². The van der Waals surface area contributed by atoms with Crippen molar-refractivity contribution in [2.75, 3.05) is 13.2 Å². The zero-order valence-corrected chi connectivity index (χ0v) is 11.7. The largest absolute Gasteiger partial charge is 0.490 e. The first kappa shape index (κ1) is 14.5. The van der Waals surface area contributed by atoms with Crippen LogP contribution in [0.3, 0.4) is 0 Å². The summed E-state index contributed by atoms with van der Waals surface area (Å²) in [5, 5.41) is 3.16. The molecule has 0 unspecified atom stereocenters. The third-order valence-corrected chi connectivity index (χ3v) is 2.95. The fraction of sp³-hybridized carbons (Fsp3) is 0.400. The van der Waals surface area contributed by atoms with E-state index in [1.165, 1.54) is 6.07 Å². The lowest BCUT2D eigenvalue weighted by Crippen LogP contribution is -2.12. The Morgan fingerprint density at radius 1 is 1.40 bits per heavy atom. The predicted molar refractivity (Wildman–Crippen MR) is 76.1 cm³/mol. The average Bonchev–Trinajstić information content (AvgIpc) is 2.96. The highest BCUT2D eigenvalue weighted by molar-refractivity contribution is 5.29. The summed E-state index contributed by atoms with van der Waals surface area (Å²) < 4.78 is 21.2. The van der Waals surface area contributed by atoms with Crippen molar-refractivity contribution in [2.45, 2.75) is 26.4 Å². The van der Waals surface area contributed by atoms with Gasteiger partial charge in [0.1, 0.15) is 0 Å². The van der Waals surface area contributed by atoms with E-state index >= 15 is 0 Å². The smallest absolute Gasteiger partial charge is 0.165 e. The number of imidazole rings is 1. The predicted octanol–water partition coefficient (Wildman–Crippen LogP) is 2.60. The highest BCUT2D eigenvalue weighted by atomic mass is 19.1. The van der Waals surface area contributed by atoms with E-state index in [2.05, 4.69) is 10.3 Å². The molecule has 0 aliphatic heterocycles. The number of hydrogen-bond donors (Lipinski definition) is 1. The van der Waals surface area contributed by atoms with Gasteiger partial charge in [-0.05, 0) is 30.7 Å². The van der Waals surface area contributed by atoms with Crippen LogP contribution in [0.15, 0.2) is 36.9 Å². The van der Waals surface area contributed by atoms with Crippen LogP contribution in [-0.2, 0) is 13.1 Å². The third kappa shape index (κ3) is 4.35. The SMILES string of the molecule is CCNCc1ccc(OCCCn2ccnc2)c(F)c1. The molecule has 1 heterocycles. The van der Waals surface area contributed by atoms with Gasteiger partial charge < -0.3 is 14.6 Å². The van der Waals surface area contributed by atoms with E-state index in [9.17, 15) is 4.39 Å². The van der Waals surface area contributed by atoms with Crippen molar-refractivity contribution < 1.29 is 9.13 Å². The summed E-state index contributed by atoms with van der Waals surface area (Å²) in [7, 11) is 0. The molecule has 1 aromatic heterocycles. The van der Waals surface area contributed by atoms with Crippen molar-refractivity contribution in [3.8, 4) is 5.75 Å². The molecule has 108 valence electrons. The molecule has 5 heteroatoms. The van der Waals surface area contributed by atoms with Gasteiger partial charge in [-0.3, -0.25) is 0 Å². The Morgan fingerprint density at radius 2 is 2.30 bits per heavy atom. The summed E-state index contributed by atoms with van der Waals surface area (Å²) in [5.41, 5.74) is 0.926. The Bertz CT molecular complexity index is 514. The topological polar surface area (TPSA) is 39.1 Å². The van der Waals surface area contributed by atoms with Gasteiger partial charge in [0, 0.05) is 25.5 Å². The first-order chi connectivity index (χ1) is 9.79. The molecular formula is C15H20FN3O. The number of nitrogens with one attached hydrogen (secondary N) is 1. The number of aryl methyl sites for hydroxylation is 1. The molecule has 0 radical (unpaired) electrons. The van der Waals surface area contributed by atoms with E-state index in [1.54, 1.807) is 18.6 Å². The van der Waals surface area contributed by atoms with Gasteiger partial charge in [-0.25, -0.2) is 9.37 Å². The monoisotopic (exact) mass is 277 g/mol. The fourth-order valence-electron chi connectivity index (χ4n) is 1.89. The van der Waals surface area contributed by atoms with E-state index in [0.29, 0.717) is 18.9 Å². The molecule has 4 nitrogen and oxygen atoms in total. The number of ether oxygens (including phenoxy) is 1. The number of hydrogen-bond acceptors (Lipinski definition) is 3. The van der Waals surface area contributed by atoms with Gasteiger partial charge in [-0.2, -0.15) is 0 Å². The van der Waals surface area contributed by atoms with Gasteiger partial charge in [-0.1, -0.05) is 13.0 Å². The maximum absolute atomic E-state index is 13.8. The second kappa shape index (κ2) is 7.65. The van der Waals surface area contributed by atoms with E-state index < -0.39 is 0 Å².